The molecule has 1 fully saturated rings. The molecule has 0 aliphatic carbocycles. The third-order valence-electron chi connectivity index (χ3n) is 4.34. The zero-order valence-electron chi connectivity index (χ0n) is 14.4. The van der Waals surface area contributed by atoms with Gasteiger partial charge >= 0.3 is 5.97 Å². The van der Waals surface area contributed by atoms with Crippen LogP contribution in [0.3, 0.4) is 0 Å². The van der Waals surface area contributed by atoms with Crippen LogP contribution in [0.25, 0.3) is 0 Å². The Labute approximate surface area is 146 Å². The molecule has 2 rings (SSSR count). The summed E-state index contributed by atoms with van der Waals surface area (Å²) < 4.78 is 5.35. The van der Waals surface area contributed by atoms with Crippen LogP contribution in [0, 0.1) is 16.0 Å². The highest BCUT2D eigenvalue weighted by Crippen LogP contribution is 2.28. The van der Waals surface area contributed by atoms with Gasteiger partial charge in [0.2, 0.25) is 5.91 Å². The Balaban J connectivity index is 1.78. The number of esters is 1. The first kappa shape index (κ1) is 18.9. The minimum absolute atomic E-state index is 0.0386. The Kier molecular flexibility index (Phi) is 6.91. The molecular weight excluding hydrogens is 324 g/mol. The van der Waals surface area contributed by atoms with E-state index in [-0.39, 0.29) is 30.1 Å². The molecule has 0 saturated carbocycles. The fourth-order valence-electron chi connectivity index (χ4n) is 2.97. The van der Waals surface area contributed by atoms with Gasteiger partial charge in [-0.2, -0.15) is 0 Å². The summed E-state index contributed by atoms with van der Waals surface area (Å²) in [6.45, 7) is 2.15. The second-order valence-electron chi connectivity index (χ2n) is 6.40. The van der Waals surface area contributed by atoms with E-state index in [9.17, 15) is 19.7 Å². The first-order chi connectivity index (χ1) is 12.0. The average molecular weight is 348 g/mol. The van der Waals surface area contributed by atoms with Crippen LogP contribution in [0.2, 0.25) is 0 Å². The number of rotatable bonds is 9. The summed E-state index contributed by atoms with van der Waals surface area (Å²) in [6, 6.07) is 5.59. The quantitative estimate of drug-likeness (QED) is 0.316. The van der Waals surface area contributed by atoms with Crippen LogP contribution in [0.1, 0.15) is 51.9 Å². The second-order valence-corrected chi connectivity index (χ2v) is 6.40. The number of nitro benzene ring substituents is 1. The molecular formula is C18H24N2O5. The highest BCUT2D eigenvalue weighted by atomic mass is 16.6. The van der Waals surface area contributed by atoms with Gasteiger partial charge in [-0.05, 0) is 31.4 Å². The first-order valence-electron chi connectivity index (χ1n) is 8.74. The summed E-state index contributed by atoms with van der Waals surface area (Å²) >= 11 is 0. The maximum absolute atomic E-state index is 12.1. The highest BCUT2D eigenvalue weighted by Gasteiger charge is 2.35. The Morgan fingerprint density at radius 2 is 2.00 bits per heavy atom. The van der Waals surface area contributed by atoms with Crippen molar-refractivity contribution in [2.75, 3.05) is 5.32 Å². The van der Waals surface area contributed by atoms with Crippen molar-refractivity contribution in [3.63, 3.8) is 0 Å². The summed E-state index contributed by atoms with van der Waals surface area (Å²) in [7, 11) is 0. The van der Waals surface area contributed by atoms with Crippen molar-refractivity contribution < 1.29 is 19.2 Å². The van der Waals surface area contributed by atoms with Crippen molar-refractivity contribution in [1.29, 1.82) is 0 Å². The van der Waals surface area contributed by atoms with Crippen LogP contribution >= 0.6 is 0 Å². The number of amides is 1. The monoisotopic (exact) mass is 348 g/mol. The van der Waals surface area contributed by atoms with Gasteiger partial charge in [-0.3, -0.25) is 19.7 Å². The first-order valence-corrected chi connectivity index (χ1v) is 8.74. The van der Waals surface area contributed by atoms with E-state index in [0.717, 1.165) is 25.7 Å². The van der Waals surface area contributed by atoms with Gasteiger partial charge in [0.05, 0.1) is 10.8 Å². The Hall–Kier alpha value is -2.44. The number of cyclic esters (lactones) is 1. The molecule has 0 radical (unpaired) electrons. The maximum Gasteiger partial charge on any atom is 0.309 e. The number of benzene rings is 1. The van der Waals surface area contributed by atoms with E-state index in [2.05, 4.69) is 12.2 Å². The zero-order chi connectivity index (χ0) is 18.2. The van der Waals surface area contributed by atoms with Gasteiger partial charge in [0, 0.05) is 24.2 Å². The third kappa shape index (κ3) is 5.85. The standard InChI is InChI=1S/C18H24N2O5/c1-2-3-4-5-6-16-11-13(18(22)25-16)12-17(21)19-14-7-9-15(10-8-14)20(23)24/h7-10,13,16H,2-6,11-12H2,1H3,(H,19,21)/t13-,16+/m0/s1. The number of nitrogens with one attached hydrogen (secondary N) is 1. The SMILES string of the molecule is CCCCCC[C@@H]1C[C@@H](CC(=O)Nc2ccc([N+](=O)[O-])cc2)C(=O)O1. The van der Waals surface area contributed by atoms with Crippen molar-refractivity contribution in [3.05, 3.63) is 34.4 Å². The summed E-state index contributed by atoms with van der Waals surface area (Å²) in [5.41, 5.74) is 0.432. The summed E-state index contributed by atoms with van der Waals surface area (Å²) in [5, 5.41) is 13.3. The lowest BCUT2D eigenvalue weighted by Gasteiger charge is -2.08. The van der Waals surface area contributed by atoms with Gasteiger partial charge in [-0.15, -0.1) is 0 Å². The van der Waals surface area contributed by atoms with Crippen LogP contribution in [0.5, 0.6) is 0 Å². The number of non-ortho nitro benzene ring substituents is 1. The minimum Gasteiger partial charge on any atom is -0.462 e. The number of nitro groups is 1. The zero-order valence-corrected chi connectivity index (χ0v) is 14.4. The number of hydrogen-bond donors (Lipinski definition) is 1. The van der Waals surface area contributed by atoms with Gasteiger partial charge in [0.1, 0.15) is 6.10 Å². The predicted molar refractivity (Wildman–Crippen MR) is 93.1 cm³/mol. The van der Waals surface area contributed by atoms with E-state index in [0.29, 0.717) is 12.1 Å². The van der Waals surface area contributed by atoms with E-state index >= 15 is 0 Å². The molecule has 1 aliphatic rings. The Morgan fingerprint density at radius 3 is 2.64 bits per heavy atom. The van der Waals surface area contributed by atoms with E-state index in [1.54, 1.807) is 0 Å². The van der Waals surface area contributed by atoms with Crippen LogP contribution in [0.4, 0.5) is 11.4 Å². The van der Waals surface area contributed by atoms with E-state index < -0.39 is 10.8 Å². The van der Waals surface area contributed by atoms with Crippen molar-refractivity contribution in [2.45, 2.75) is 58.0 Å². The number of hydrogen-bond acceptors (Lipinski definition) is 5. The predicted octanol–water partition coefficient (Wildman–Crippen LogP) is 3.83. The lowest BCUT2D eigenvalue weighted by atomic mass is 9.98. The number of ether oxygens (including phenoxy) is 1. The van der Waals surface area contributed by atoms with Gasteiger partial charge in [-0.25, -0.2) is 0 Å². The molecule has 0 spiro atoms. The molecule has 0 bridgehead atoms. The van der Waals surface area contributed by atoms with Crippen LogP contribution < -0.4 is 5.32 Å². The number of anilines is 1. The lowest BCUT2D eigenvalue weighted by Crippen LogP contribution is -2.19. The molecule has 1 aromatic carbocycles. The van der Waals surface area contributed by atoms with E-state index in [1.165, 1.54) is 30.7 Å². The third-order valence-corrected chi connectivity index (χ3v) is 4.34. The molecule has 1 amide bonds. The van der Waals surface area contributed by atoms with Crippen LogP contribution in [-0.2, 0) is 14.3 Å². The molecule has 7 heteroatoms. The molecule has 1 aromatic rings. The molecule has 1 saturated heterocycles. The lowest BCUT2D eigenvalue weighted by molar-refractivity contribution is -0.384. The maximum atomic E-state index is 12.1. The molecule has 2 atom stereocenters. The number of nitrogens with zero attached hydrogens (tertiary/aromatic N) is 1. The normalized spacial score (nSPS) is 19.5. The summed E-state index contributed by atoms with van der Waals surface area (Å²) in [6.07, 6.45) is 5.94. The topological polar surface area (TPSA) is 98.5 Å². The van der Waals surface area contributed by atoms with Gasteiger partial charge in [0.15, 0.2) is 0 Å². The van der Waals surface area contributed by atoms with Gasteiger partial charge in [0.25, 0.3) is 5.69 Å². The van der Waals surface area contributed by atoms with Crippen molar-refractivity contribution in [2.24, 2.45) is 5.92 Å². The fourth-order valence-corrected chi connectivity index (χ4v) is 2.97. The minimum atomic E-state index is -0.499. The molecule has 7 nitrogen and oxygen atoms in total. The number of carbonyl (C=O) groups excluding carboxylic acids is 2. The molecule has 0 unspecified atom stereocenters. The molecule has 0 aromatic heterocycles. The van der Waals surface area contributed by atoms with E-state index in [4.69, 9.17) is 4.74 Å². The summed E-state index contributed by atoms with van der Waals surface area (Å²) in [4.78, 5) is 34.1. The van der Waals surface area contributed by atoms with Crippen molar-refractivity contribution in [3.8, 4) is 0 Å². The molecule has 136 valence electrons. The average Bonchev–Trinajstić information content (AvgIpc) is 2.91. The molecule has 25 heavy (non-hydrogen) atoms. The Bertz CT molecular complexity index is 614. The molecule has 1 aliphatic heterocycles. The molecule has 1 N–H and O–H groups in total. The Morgan fingerprint density at radius 1 is 1.28 bits per heavy atom. The number of carbonyl (C=O) groups is 2. The molecule has 1 heterocycles. The smallest absolute Gasteiger partial charge is 0.309 e. The van der Waals surface area contributed by atoms with Crippen LogP contribution in [0.15, 0.2) is 24.3 Å². The van der Waals surface area contributed by atoms with Crippen LogP contribution in [-0.4, -0.2) is 22.9 Å². The van der Waals surface area contributed by atoms with Gasteiger partial charge in [-0.1, -0.05) is 26.2 Å². The van der Waals surface area contributed by atoms with Crippen molar-refractivity contribution >= 4 is 23.3 Å². The summed E-state index contributed by atoms with van der Waals surface area (Å²) in [5.74, 6) is -1.00. The van der Waals surface area contributed by atoms with Crippen molar-refractivity contribution in [1.82, 2.24) is 0 Å². The highest BCUT2D eigenvalue weighted by molar-refractivity contribution is 5.93. The largest absolute Gasteiger partial charge is 0.462 e. The number of unbranched alkanes of at least 4 members (excludes halogenated alkanes) is 3. The fraction of sp³-hybridized carbons (Fsp3) is 0.556. The van der Waals surface area contributed by atoms with E-state index in [1.807, 2.05) is 0 Å². The van der Waals surface area contributed by atoms with Gasteiger partial charge < -0.3 is 10.1 Å². The second kappa shape index (κ2) is 9.15.